The number of aliphatic hydroxyl groups is 4. The number of fused-ring (bicyclic) bond motifs is 5. The number of aliphatic hydroxyl groups excluding tert-OH is 3. The maximum absolute atomic E-state index is 13.8. The Labute approximate surface area is 323 Å². The van der Waals surface area contributed by atoms with Gasteiger partial charge in [-0.1, -0.05) is 122 Å². The molecule has 4 aliphatic rings. The topological polar surface area (TPSA) is 141 Å². The third-order valence-corrected chi connectivity index (χ3v) is 13.2. The van der Waals surface area contributed by atoms with Crippen LogP contribution in [0.15, 0.2) is 23.5 Å². The molecule has 0 radical (unpaired) electrons. The van der Waals surface area contributed by atoms with Gasteiger partial charge in [0.05, 0.1) is 11.5 Å². The van der Waals surface area contributed by atoms with Gasteiger partial charge in [0, 0.05) is 17.4 Å². The maximum atomic E-state index is 13.8. The second-order valence-corrected chi connectivity index (χ2v) is 16.3. The van der Waals surface area contributed by atoms with Crippen LogP contribution in [0.25, 0.3) is 0 Å². The number of Topliss-reactive ketones (excluding diaryl/α,β-unsaturated/α-hetero) is 1. The van der Waals surface area contributed by atoms with Crippen LogP contribution < -0.4 is 0 Å². The van der Waals surface area contributed by atoms with E-state index in [0.717, 1.165) is 24.8 Å². The Morgan fingerprint density at radius 3 is 1.96 bits per heavy atom. The first-order chi connectivity index (χ1) is 23.4. The van der Waals surface area contributed by atoms with E-state index in [2.05, 4.69) is 6.92 Å². The molecule has 4 aliphatic carbocycles. The molecule has 1 unspecified atom stereocenters. The summed E-state index contributed by atoms with van der Waals surface area (Å²) in [6.45, 7) is 5.22. The monoisotopic (exact) mass is 710 g/mol. The fraction of sp³-hybridized carbons (Fsp3) is 0.829. The van der Waals surface area contributed by atoms with Crippen molar-refractivity contribution in [3.8, 4) is 0 Å². The van der Waals surface area contributed by atoms with Crippen LogP contribution in [0.1, 0.15) is 162 Å². The van der Waals surface area contributed by atoms with Crippen LogP contribution in [0.5, 0.6) is 0 Å². The van der Waals surface area contributed by atoms with Gasteiger partial charge >= 0.3 is 35.5 Å². The SMILES string of the molecule is CCCCCCCCCCCCCCCCCCC(O)C(=O)[C@@]1(O)CC[C@H]2[C@@H]3CCC4=CC(=O)C=C(OC(=O)CO)[C@]4(C)[C@H]3[C@@H](O)C[C@@]21C.[NaH]. The predicted octanol–water partition coefficient (Wildman–Crippen LogP) is 6.79. The van der Waals surface area contributed by atoms with Crippen molar-refractivity contribution in [1.29, 1.82) is 0 Å². The molecule has 0 aliphatic heterocycles. The first-order valence-electron chi connectivity index (χ1n) is 19.9. The molecule has 4 N–H and O–H groups in total. The van der Waals surface area contributed by atoms with E-state index >= 15 is 0 Å². The molecule has 3 fully saturated rings. The van der Waals surface area contributed by atoms with E-state index in [1.165, 1.54) is 89.5 Å². The van der Waals surface area contributed by atoms with Crippen molar-refractivity contribution < 1.29 is 39.5 Å². The normalized spacial score (nSPS) is 32.2. The van der Waals surface area contributed by atoms with Crippen molar-refractivity contribution in [2.45, 2.75) is 180 Å². The van der Waals surface area contributed by atoms with Gasteiger partial charge in [-0.2, -0.15) is 0 Å². The molecule has 0 amide bonds. The van der Waals surface area contributed by atoms with Crippen LogP contribution in [-0.4, -0.2) is 91.9 Å². The molecule has 4 rings (SSSR count). The standard InChI is InChI=1S/C41H66O8.Na.H/c1-4-5-6-7-8-9-10-11-12-13-14-15-16-17-18-19-20-33(44)38(47)41(48)24-23-32-31-22-21-29-25-30(43)26-35(49-36(46)28-42)40(29,3)37(31)34(45)27-39(32,41)2;;/h25-26,31-34,37,42,44-45,48H,4-24,27-28H2,1-3H3;;/t31-,32-,33?,34-,37+,39-,40+,41-;;/m0../s1. The minimum absolute atomic E-state index is 0. The number of hydrogen-bond donors (Lipinski definition) is 4. The van der Waals surface area contributed by atoms with Gasteiger partial charge in [0.15, 0.2) is 11.6 Å². The summed E-state index contributed by atoms with van der Waals surface area (Å²) in [4.78, 5) is 38.4. The van der Waals surface area contributed by atoms with Crippen molar-refractivity contribution in [3.63, 3.8) is 0 Å². The molecule has 0 aromatic rings. The van der Waals surface area contributed by atoms with Crippen LogP contribution in [0.2, 0.25) is 0 Å². The number of ether oxygens (including phenoxy) is 1. The molecule has 3 saturated carbocycles. The van der Waals surface area contributed by atoms with Gasteiger partial charge in [0.2, 0.25) is 0 Å². The molecular formula is C41H67NaO8. The molecule has 0 heterocycles. The van der Waals surface area contributed by atoms with Crippen molar-refractivity contribution in [3.05, 3.63) is 23.5 Å². The second kappa shape index (κ2) is 20.0. The van der Waals surface area contributed by atoms with Gasteiger partial charge in [-0.3, -0.25) is 9.59 Å². The summed E-state index contributed by atoms with van der Waals surface area (Å²) in [5.74, 6) is -2.12. The fourth-order valence-electron chi connectivity index (χ4n) is 10.4. The Balaban J connectivity index is 0.00000676. The molecule has 0 saturated heterocycles. The molecule has 8 nitrogen and oxygen atoms in total. The average Bonchev–Trinajstić information content (AvgIpc) is 3.34. The fourth-order valence-corrected chi connectivity index (χ4v) is 10.4. The van der Waals surface area contributed by atoms with Crippen LogP contribution in [-0.2, 0) is 19.1 Å². The van der Waals surface area contributed by atoms with Crippen molar-refractivity contribution in [2.24, 2.45) is 28.6 Å². The van der Waals surface area contributed by atoms with Gasteiger partial charge in [-0.15, -0.1) is 0 Å². The van der Waals surface area contributed by atoms with Crippen LogP contribution in [0.4, 0.5) is 0 Å². The predicted molar refractivity (Wildman–Crippen MR) is 197 cm³/mol. The van der Waals surface area contributed by atoms with Gasteiger partial charge < -0.3 is 25.2 Å². The number of unbranched alkanes of at least 4 members (excludes halogenated alkanes) is 15. The van der Waals surface area contributed by atoms with Gasteiger partial charge in [-0.05, 0) is 63.4 Å². The van der Waals surface area contributed by atoms with Gasteiger partial charge in [0.25, 0.3) is 0 Å². The molecule has 9 heteroatoms. The quantitative estimate of drug-likeness (QED) is 0.0580. The number of carbonyl (C=O) groups excluding carboxylic acids is 3. The summed E-state index contributed by atoms with van der Waals surface area (Å²) in [5.41, 5.74) is -2.80. The second-order valence-electron chi connectivity index (χ2n) is 16.3. The Kier molecular flexibility index (Phi) is 17.4. The minimum atomic E-state index is -1.74. The number of esters is 1. The first-order valence-corrected chi connectivity index (χ1v) is 19.9. The average molecular weight is 711 g/mol. The zero-order chi connectivity index (χ0) is 35.7. The Morgan fingerprint density at radius 2 is 1.42 bits per heavy atom. The Bertz CT molecular complexity index is 1200. The van der Waals surface area contributed by atoms with Crippen LogP contribution in [0, 0.1) is 28.6 Å². The Hall–Kier alpha value is -0.870. The van der Waals surface area contributed by atoms with Crippen molar-refractivity contribution in [1.82, 2.24) is 0 Å². The van der Waals surface area contributed by atoms with E-state index in [1.807, 2.05) is 13.8 Å². The third kappa shape index (κ3) is 9.62. The molecule has 50 heavy (non-hydrogen) atoms. The van der Waals surface area contributed by atoms with Crippen molar-refractivity contribution >= 4 is 47.1 Å². The number of rotatable bonds is 21. The summed E-state index contributed by atoms with van der Waals surface area (Å²) in [7, 11) is 0. The summed E-state index contributed by atoms with van der Waals surface area (Å²) in [6, 6.07) is 0. The number of carbonyl (C=O) groups is 3. The molecular weight excluding hydrogens is 643 g/mol. The van der Waals surface area contributed by atoms with Gasteiger partial charge in [-0.25, -0.2) is 4.79 Å². The van der Waals surface area contributed by atoms with E-state index in [0.29, 0.717) is 25.7 Å². The van der Waals surface area contributed by atoms with E-state index in [9.17, 15) is 34.8 Å². The summed E-state index contributed by atoms with van der Waals surface area (Å²) in [6.07, 6.45) is 23.3. The molecule has 0 aromatic heterocycles. The molecule has 280 valence electrons. The number of allylic oxidation sites excluding steroid dienone is 3. The van der Waals surface area contributed by atoms with E-state index in [4.69, 9.17) is 4.74 Å². The van der Waals surface area contributed by atoms with E-state index in [-0.39, 0.29) is 65.8 Å². The third-order valence-electron chi connectivity index (χ3n) is 13.2. The van der Waals surface area contributed by atoms with Gasteiger partial charge in [0.1, 0.15) is 24.1 Å². The first kappa shape index (κ1) is 43.5. The number of hydrogen-bond acceptors (Lipinski definition) is 8. The zero-order valence-electron chi connectivity index (χ0n) is 30.7. The summed E-state index contributed by atoms with van der Waals surface area (Å²) >= 11 is 0. The van der Waals surface area contributed by atoms with E-state index < -0.39 is 52.9 Å². The zero-order valence-corrected chi connectivity index (χ0v) is 30.7. The van der Waals surface area contributed by atoms with Crippen LogP contribution >= 0.6 is 0 Å². The Morgan fingerprint density at radius 1 is 0.880 bits per heavy atom. The van der Waals surface area contributed by atoms with Crippen LogP contribution in [0.3, 0.4) is 0 Å². The molecule has 0 aromatic carbocycles. The number of ketones is 2. The summed E-state index contributed by atoms with van der Waals surface area (Å²) in [5, 5.41) is 44.3. The molecule has 8 atom stereocenters. The van der Waals surface area contributed by atoms with Crippen molar-refractivity contribution in [2.75, 3.05) is 6.61 Å². The molecule has 0 spiro atoms. The summed E-state index contributed by atoms with van der Waals surface area (Å²) < 4.78 is 5.50. The van der Waals surface area contributed by atoms with E-state index in [1.54, 1.807) is 6.08 Å². The molecule has 0 bridgehead atoms.